The zero-order valence-electron chi connectivity index (χ0n) is 13.0. The molecule has 3 aromatic rings. The molecular weight excluding hydrogens is 322 g/mol. The highest BCUT2D eigenvalue weighted by molar-refractivity contribution is 7.80. The van der Waals surface area contributed by atoms with E-state index in [1.165, 1.54) is 42.4 Å². The molecule has 0 spiro atoms. The van der Waals surface area contributed by atoms with E-state index >= 15 is 0 Å². The Morgan fingerprint density at radius 2 is 1.74 bits per heavy atom. The van der Waals surface area contributed by atoms with Crippen molar-refractivity contribution in [3.8, 4) is 5.75 Å². The Labute approximate surface area is 146 Å². The Kier molecular flexibility index (Phi) is 5.57. The summed E-state index contributed by atoms with van der Waals surface area (Å²) in [5.74, 6) is 1.09. The fourth-order valence-electron chi connectivity index (χ4n) is 3.01. The third-order valence-corrected chi connectivity index (χ3v) is 5.37. The molecule has 0 atom stereocenters. The summed E-state index contributed by atoms with van der Waals surface area (Å²) in [4.78, 5) is 5.19. The maximum atomic E-state index is 8.72. The van der Waals surface area contributed by atoms with Gasteiger partial charge in [0.1, 0.15) is 5.75 Å². The summed E-state index contributed by atoms with van der Waals surface area (Å²) >= 11 is 5.77. The minimum Gasteiger partial charge on any atom is -0.508 e. The van der Waals surface area contributed by atoms with Crippen LogP contribution in [0.2, 0.25) is 0 Å². The molecule has 23 heavy (non-hydrogen) atoms. The highest BCUT2D eigenvalue weighted by Crippen LogP contribution is 2.34. The summed E-state index contributed by atoms with van der Waals surface area (Å²) in [6.07, 6.45) is 7.00. The van der Waals surface area contributed by atoms with Crippen molar-refractivity contribution < 1.29 is 5.11 Å². The van der Waals surface area contributed by atoms with Crippen LogP contribution in [0.4, 0.5) is 0 Å². The Morgan fingerprint density at radius 1 is 1.00 bits per heavy atom. The third kappa shape index (κ3) is 4.49. The van der Waals surface area contributed by atoms with E-state index < -0.39 is 0 Å². The monoisotopic (exact) mass is 343 g/mol. The number of phenols is 1. The van der Waals surface area contributed by atoms with E-state index in [4.69, 9.17) is 5.11 Å². The number of aromatic nitrogens is 1. The summed E-state index contributed by atoms with van der Waals surface area (Å²) < 4.78 is 1.35. The SMILES string of the molecule is Oc1ccc(S)cc1.c1nc2ccc(C3CCCCC3)cc2s1. The molecule has 120 valence electrons. The summed E-state index contributed by atoms with van der Waals surface area (Å²) in [5, 5.41) is 8.72. The van der Waals surface area contributed by atoms with Crippen molar-refractivity contribution in [2.24, 2.45) is 0 Å². The fraction of sp³-hybridized carbons (Fsp3) is 0.316. The molecule has 0 aliphatic heterocycles. The van der Waals surface area contributed by atoms with Crippen LogP contribution in [0.3, 0.4) is 0 Å². The molecule has 2 nitrogen and oxygen atoms in total. The lowest BCUT2D eigenvalue weighted by Crippen LogP contribution is -2.03. The molecule has 0 radical (unpaired) electrons. The molecule has 1 aromatic heterocycles. The molecule has 1 N–H and O–H groups in total. The molecule has 0 unspecified atom stereocenters. The molecule has 1 saturated carbocycles. The number of aromatic hydroxyl groups is 1. The van der Waals surface area contributed by atoms with E-state index in [1.54, 1.807) is 35.6 Å². The predicted octanol–water partition coefficient (Wildman–Crippen LogP) is 6.02. The minimum absolute atomic E-state index is 0.280. The van der Waals surface area contributed by atoms with Gasteiger partial charge < -0.3 is 5.11 Å². The number of hydrogen-bond acceptors (Lipinski definition) is 4. The van der Waals surface area contributed by atoms with Gasteiger partial charge in [0.15, 0.2) is 0 Å². The van der Waals surface area contributed by atoms with E-state index in [2.05, 4.69) is 35.8 Å². The van der Waals surface area contributed by atoms with Crippen LogP contribution in [0.1, 0.15) is 43.6 Å². The van der Waals surface area contributed by atoms with Crippen LogP contribution >= 0.6 is 24.0 Å². The first-order valence-electron chi connectivity index (χ1n) is 8.03. The molecule has 0 bridgehead atoms. The van der Waals surface area contributed by atoms with E-state index in [-0.39, 0.29) is 5.75 Å². The van der Waals surface area contributed by atoms with E-state index in [1.807, 2.05) is 5.51 Å². The van der Waals surface area contributed by atoms with Gasteiger partial charge in [0.2, 0.25) is 0 Å². The molecule has 2 aromatic carbocycles. The second-order valence-electron chi connectivity index (χ2n) is 5.93. The number of nitrogens with zero attached hydrogens (tertiary/aromatic N) is 1. The standard InChI is InChI=1S/C13H15NS.C6H6OS/c1-2-4-10(5-3-1)11-6-7-12-13(8-11)15-9-14-12;7-5-1-3-6(8)4-2-5/h6-10H,1-5H2;1-4,7-8H. The number of benzene rings is 2. The molecular formula is C19H21NOS2. The normalized spacial score (nSPS) is 15.2. The first-order valence-corrected chi connectivity index (χ1v) is 9.36. The topological polar surface area (TPSA) is 33.1 Å². The van der Waals surface area contributed by atoms with Gasteiger partial charge in [0, 0.05) is 4.90 Å². The lowest BCUT2D eigenvalue weighted by atomic mass is 9.84. The molecule has 1 aliphatic rings. The number of hydrogen-bond donors (Lipinski definition) is 2. The van der Waals surface area contributed by atoms with Crippen molar-refractivity contribution >= 4 is 34.2 Å². The van der Waals surface area contributed by atoms with E-state index in [0.29, 0.717) is 0 Å². The largest absolute Gasteiger partial charge is 0.508 e. The minimum atomic E-state index is 0.280. The van der Waals surface area contributed by atoms with Gasteiger partial charge in [-0.3, -0.25) is 0 Å². The maximum Gasteiger partial charge on any atom is 0.115 e. The van der Waals surface area contributed by atoms with Gasteiger partial charge in [-0.15, -0.1) is 24.0 Å². The average molecular weight is 344 g/mol. The Hall–Kier alpha value is -1.52. The second-order valence-corrected chi connectivity index (χ2v) is 7.33. The lowest BCUT2D eigenvalue weighted by Gasteiger charge is -2.21. The molecule has 1 fully saturated rings. The van der Waals surface area contributed by atoms with Gasteiger partial charge >= 0.3 is 0 Å². The molecule has 0 amide bonds. The predicted molar refractivity (Wildman–Crippen MR) is 101 cm³/mol. The van der Waals surface area contributed by atoms with Crippen molar-refractivity contribution in [3.05, 3.63) is 53.5 Å². The highest BCUT2D eigenvalue weighted by atomic mass is 32.1. The van der Waals surface area contributed by atoms with Gasteiger partial charge in [-0.1, -0.05) is 25.3 Å². The number of fused-ring (bicyclic) bond motifs is 1. The van der Waals surface area contributed by atoms with Gasteiger partial charge in [-0.2, -0.15) is 0 Å². The molecule has 0 saturated heterocycles. The van der Waals surface area contributed by atoms with Crippen molar-refractivity contribution in [1.29, 1.82) is 0 Å². The zero-order valence-corrected chi connectivity index (χ0v) is 14.7. The van der Waals surface area contributed by atoms with Gasteiger partial charge in [-0.25, -0.2) is 4.98 Å². The van der Waals surface area contributed by atoms with Crippen molar-refractivity contribution in [3.63, 3.8) is 0 Å². The highest BCUT2D eigenvalue weighted by Gasteiger charge is 2.15. The smallest absolute Gasteiger partial charge is 0.115 e. The second kappa shape index (κ2) is 7.84. The van der Waals surface area contributed by atoms with Gasteiger partial charge in [0.05, 0.1) is 15.7 Å². The Morgan fingerprint density at radius 3 is 2.43 bits per heavy atom. The van der Waals surface area contributed by atoms with Crippen molar-refractivity contribution in [1.82, 2.24) is 4.98 Å². The number of phenolic OH excluding ortho intramolecular Hbond substituents is 1. The van der Waals surface area contributed by atoms with Crippen molar-refractivity contribution in [2.45, 2.75) is 42.9 Å². The van der Waals surface area contributed by atoms with Gasteiger partial charge in [0.25, 0.3) is 0 Å². The Bertz CT molecular complexity index is 724. The fourth-order valence-corrected chi connectivity index (χ4v) is 3.89. The summed E-state index contributed by atoms with van der Waals surface area (Å²) in [6.45, 7) is 0. The number of thiazole rings is 1. The average Bonchev–Trinajstić information content (AvgIpc) is 3.06. The summed E-state index contributed by atoms with van der Waals surface area (Å²) in [7, 11) is 0. The maximum absolute atomic E-state index is 8.72. The molecule has 1 heterocycles. The summed E-state index contributed by atoms with van der Waals surface area (Å²) in [6, 6.07) is 13.5. The van der Waals surface area contributed by atoms with Crippen LogP contribution in [0.5, 0.6) is 5.75 Å². The van der Waals surface area contributed by atoms with E-state index in [9.17, 15) is 0 Å². The Balaban J connectivity index is 0.000000166. The molecule has 1 aliphatic carbocycles. The quantitative estimate of drug-likeness (QED) is 0.529. The first kappa shape index (κ1) is 16.3. The number of thiol groups is 1. The zero-order chi connectivity index (χ0) is 16.1. The van der Waals surface area contributed by atoms with Crippen LogP contribution in [-0.4, -0.2) is 10.1 Å². The van der Waals surface area contributed by atoms with Crippen LogP contribution in [-0.2, 0) is 0 Å². The van der Waals surface area contributed by atoms with Crippen LogP contribution < -0.4 is 0 Å². The summed E-state index contributed by atoms with van der Waals surface area (Å²) in [5.41, 5.74) is 4.63. The first-order chi connectivity index (χ1) is 11.2. The molecule has 4 heteroatoms. The van der Waals surface area contributed by atoms with Gasteiger partial charge in [-0.05, 0) is 60.7 Å². The van der Waals surface area contributed by atoms with Crippen LogP contribution in [0.25, 0.3) is 10.2 Å². The molecule has 4 rings (SSSR count). The van der Waals surface area contributed by atoms with Crippen LogP contribution in [0, 0.1) is 0 Å². The number of rotatable bonds is 1. The third-order valence-electron chi connectivity index (χ3n) is 4.28. The van der Waals surface area contributed by atoms with Crippen LogP contribution in [0.15, 0.2) is 52.9 Å². The lowest BCUT2D eigenvalue weighted by molar-refractivity contribution is 0.444. The van der Waals surface area contributed by atoms with E-state index in [0.717, 1.165) is 16.3 Å². The van der Waals surface area contributed by atoms with Crippen molar-refractivity contribution in [2.75, 3.05) is 0 Å².